The topological polar surface area (TPSA) is 67.4 Å². The van der Waals surface area contributed by atoms with Crippen molar-refractivity contribution in [1.82, 2.24) is 5.32 Å². The van der Waals surface area contributed by atoms with Gasteiger partial charge in [-0.05, 0) is 17.2 Å². The minimum atomic E-state index is -0.463. The van der Waals surface area contributed by atoms with Crippen LogP contribution >= 0.6 is 0 Å². The van der Waals surface area contributed by atoms with Gasteiger partial charge in [-0.15, -0.1) is 0 Å². The Bertz CT molecular complexity index is 443. The third kappa shape index (κ3) is 2.13. The van der Waals surface area contributed by atoms with Crippen LogP contribution in [-0.4, -0.2) is 19.1 Å². The first-order valence-electron chi connectivity index (χ1n) is 4.92. The second-order valence-electron chi connectivity index (χ2n) is 3.56. The van der Waals surface area contributed by atoms with Crippen LogP contribution in [0.25, 0.3) is 0 Å². The minimum Gasteiger partial charge on any atom is -0.453 e. The van der Waals surface area contributed by atoms with Crippen LogP contribution in [0.15, 0.2) is 18.2 Å². The van der Waals surface area contributed by atoms with Crippen molar-refractivity contribution in [1.29, 1.82) is 0 Å². The molecule has 16 heavy (non-hydrogen) atoms. The largest absolute Gasteiger partial charge is 0.453 e. The maximum atomic E-state index is 11.1. The zero-order valence-electron chi connectivity index (χ0n) is 8.87. The predicted octanol–water partition coefficient (Wildman–Crippen LogP) is 1.04. The molecular formula is C11H12N2O3. The fourth-order valence-electron chi connectivity index (χ4n) is 1.64. The van der Waals surface area contributed by atoms with Crippen molar-refractivity contribution in [3.63, 3.8) is 0 Å². The number of fused-ring (bicyclic) bond motifs is 1. The van der Waals surface area contributed by atoms with Crippen LogP contribution in [0.2, 0.25) is 0 Å². The highest BCUT2D eigenvalue weighted by molar-refractivity contribution is 5.99. The van der Waals surface area contributed by atoms with Gasteiger partial charge >= 0.3 is 6.09 Å². The lowest BCUT2D eigenvalue weighted by Gasteiger charge is -2.05. The molecular weight excluding hydrogens is 208 g/mol. The summed E-state index contributed by atoms with van der Waals surface area (Å²) in [7, 11) is 1.32. The van der Waals surface area contributed by atoms with Crippen LogP contribution in [0, 0.1) is 0 Å². The number of alkyl carbamates (subject to hydrolysis) is 1. The molecule has 1 aliphatic heterocycles. The van der Waals surface area contributed by atoms with E-state index in [1.54, 1.807) is 0 Å². The van der Waals surface area contributed by atoms with E-state index in [0.29, 0.717) is 13.0 Å². The monoisotopic (exact) mass is 220 g/mol. The number of carbonyl (C=O) groups excluding carboxylic acids is 2. The summed E-state index contributed by atoms with van der Waals surface area (Å²) in [6.45, 7) is 0.397. The van der Waals surface area contributed by atoms with Crippen LogP contribution in [0.3, 0.4) is 0 Å². The van der Waals surface area contributed by atoms with E-state index in [9.17, 15) is 9.59 Å². The van der Waals surface area contributed by atoms with Gasteiger partial charge in [-0.2, -0.15) is 0 Å². The quantitative estimate of drug-likeness (QED) is 0.782. The summed E-state index contributed by atoms with van der Waals surface area (Å²) in [6, 6.07) is 5.61. The predicted molar refractivity (Wildman–Crippen MR) is 58.0 cm³/mol. The summed E-state index contributed by atoms with van der Waals surface area (Å²) >= 11 is 0. The zero-order chi connectivity index (χ0) is 11.5. The van der Waals surface area contributed by atoms with E-state index in [2.05, 4.69) is 15.4 Å². The number of carbonyl (C=O) groups is 2. The number of nitrogens with one attached hydrogen (secondary N) is 2. The zero-order valence-corrected chi connectivity index (χ0v) is 8.87. The van der Waals surface area contributed by atoms with Crippen molar-refractivity contribution >= 4 is 17.7 Å². The number of anilines is 1. The molecule has 2 N–H and O–H groups in total. The van der Waals surface area contributed by atoms with Crippen LogP contribution in [0.5, 0.6) is 0 Å². The van der Waals surface area contributed by atoms with Crippen molar-refractivity contribution < 1.29 is 14.3 Å². The Labute approximate surface area is 92.8 Å². The van der Waals surface area contributed by atoms with Gasteiger partial charge < -0.3 is 15.4 Å². The van der Waals surface area contributed by atoms with Crippen molar-refractivity contribution in [3.05, 3.63) is 29.3 Å². The molecule has 0 spiro atoms. The second-order valence-corrected chi connectivity index (χ2v) is 3.56. The molecule has 0 saturated heterocycles. The van der Waals surface area contributed by atoms with E-state index in [1.807, 2.05) is 18.2 Å². The van der Waals surface area contributed by atoms with Gasteiger partial charge in [0.15, 0.2) is 0 Å². The Morgan fingerprint density at radius 2 is 2.38 bits per heavy atom. The maximum Gasteiger partial charge on any atom is 0.407 e. The Morgan fingerprint density at radius 1 is 1.56 bits per heavy atom. The van der Waals surface area contributed by atoms with E-state index in [0.717, 1.165) is 16.8 Å². The molecule has 1 aliphatic rings. The molecule has 5 heteroatoms. The van der Waals surface area contributed by atoms with E-state index in [-0.39, 0.29) is 5.91 Å². The van der Waals surface area contributed by atoms with Crippen LogP contribution in [-0.2, 0) is 22.5 Å². The fraction of sp³-hybridized carbons (Fsp3) is 0.273. The third-order valence-electron chi connectivity index (χ3n) is 2.42. The highest BCUT2D eigenvalue weighted by Crippen LogP contribution is 2.23. The SMILES string of the molecule is COC(=O)NCc1ccc2c(c1)CC(=O)N2. The maximum absolute atomic E-state index is 11.1. The highest BCUT2D eigenvalue weighted by atomic mass is 16.5. The van der Waals surface area contributed by atoms with Gasteiger partial charge in [-0.3, -0.25) is 4.79 Å². The molecule has 0 saturated carbocycles. The molecule has 0 aromatic heterocycles. The molecule has 0 bridgehead atoms. The normalized spacial score (nSPS) is 12.9. The van der Waals surface area contributed by atoms with Gasteiger partial charge in [-0.25, -0.2) is 4.79 Å². The van der Waals surface area contributed by atoms with Crippen LogP contribution in [0.4, 0.5) is 10.5 Å². The summed E-state index contributed by atoms with van der Waals surface area (Å²) in [6.07, 6.45) is -0.0591. The Balaban J connectivity index is 2.05. The smallest absolute Gasteiger partial charge is 0.407 e. The van der Waals surface area contributed by atoms with Gasteiger partial charge in [0.05, 0.1) is 13.5 Å². The molecule has 0 fully saturated rings. The molecule has 0 aliphatic carbocycles. The summed E-state index contributed by atoms with van der Waals surface area (Å²) < 4.78 is 4.47. The molecule has 2 amide bonds. The Morgan fingerprint density at radius 3 is 3.12 bits per heavy atom. The van der Waals surface area contributed by atoms with E-state index >= 15 is 0 Å². The summed E-state index contributed by atoms with van der Waals surface area (Å²) in [5.74, 6) is 0.00748. The first kappa shape index (κ1) is 10.5. The average molecular weight is 220 g/mol. The molecule has 1 aromatic carbocycles. The molecule has 1 aromatic rings. The molecule has 5 nitrogen and oxygen atoms in total. The lowest BCUT2D eigenvalue weighted by Crippen LogP contribution is -2.22. The average Bonchev–Trinajstić information content (AvgIpc) is 2.65. The molecule has 0 atom stereocenters. The number of amides is 2. The second kappa shape index (κ2) is 4.22. The van der Waals surface area contributed by atoms with E-state index in [1.165, 1.54) is 7.11 Å². The third-order valence-corrected chi connectivity index (χ3v) is 2.42. The summed E-state index contributed by atoms with van der Waals surface area (Å²) in [5.41, 5.74) is 2.77. The number of ether oxygens (including phenoxy) is 1. The number of methoxy groups -OCH3 is 1. The van der Waals surface area contributed by atoms with Crippen LogP contribution < -0.4 is 10.6 Å². The Kier molecular flexibility index (Phi) is 2.76. The van der Waals surface area contributed by atoms with Crippen LogP contribution in [0.1, 0.15) is 11.1 Å². The Hall–Kier alpha value is -2.04. The molecule has 1 heterocycles. The lowest BCUT2D eigenvalue weighted by atomic mass is 10.1. The molecule has 84 valence electrons. The number of rotatable bonds is 2. The summed E-state index contributed by atoms with van der Waals surface area (Å²) in [5, 5.41) is 5.33. The van der Waals surface area contributed by atoms with Crippen molar-refractivity contribution in [3.8, 4) is 0 Å². The van der Waals surface area contributed by atoms with Gasteiger partial charge in [0.1, 0.15) is 0 Å². The van der Waals surface area contributed by atoms with E-state index < -0.39 is 6.09 Å². The fourth-order valence-corrected chi connectivity index (χ4v) is 1.64. The van der Waals surface area contributed by atoms with Gasteiger partial charge in [0, 0.05) is 12.2 Å². The molecule has 0 unspecified atom stereocenters. The van der Waals surface area contributed by atoms with Gasteiger partial charge in [0.25, 0.3) is 0 Å². The first-order valence-corrected chi connectivity index (χ1v) is 4.92. The molecule has 2 rings (SSSR count). The minimum absolute atomic E-state index is 0.00748. The number of hydrogen-bond acceptors (Lipinski definition) is 3. The summed E-state index contributed by atoms with van der Waals surface area (Å²) in [4.78, 5) is 22.0. The molecule has 0 radical (unpaired) electrons. The number of hydrogen-bond donors (Lipinski definition) is 2. The number of benzene rings is 1. The van der Waals surface area contributed by atoms with Crippen molar-refractivity contribution in [2.24, 2.45) is 0 Å². The van der Waals surface area contributed by atoms with E-state index in [4.69, 9.17) is 0 Å². The van der Waals surface area contributed by atoms with Crippen molar-refractivity contribution in [2.75, 3.05) is 12.4 Å². The van der Waals surface area contributed by atoms with Gasteiger partial charge in [0.2, 0.25) is 5.91 Å². The standard InChI is InChI=1S/C11H12N2O3/c1-16-11(15)12-6-7-2-3-9-8(4-7)5-10(14)13-9/h2-4H,5-6H2,1H3,(H,12,15)(H,13,14). The first-order chi connectivity index (χ1) is 7.69. The highest BCUT2D eigenvalue weighted by Gasteiger charge is 2.17. The van der Waals surface area contributed by atoms with Gasteiger partial charge in [-0.1, -0.05) is 12.1 Å². The van der Waals surface area contributed by atoms with Crippen molar-refractivity contribution in [2.45, 2.75) is 13.0 Å². The lowest BCUT2D eigenvalue weighted by molar-refractivity contribution is -0.115.